The van der Waals surface area contributed by atoms with Crippen molar-refractivity contribution in [1.29, 1.82) is 0 Å². The maximum absolute atomic E-state index is 11.7. The molecule has 1 unspecified atom stereocenters. The summed E-state index contributed by atoms with van der Waals surface area (Å²) < 4.78 is 39.5. The zero-order valence-electron chi connectivity index (χ0n) is 10.4. The Hall–Kier alpha value is -0.490. The van der Waals surface area contributed by atoms with Crippen LogP contribution >= 0.6 is 11.6 Å². The van der Waals surface area contributed by atoms with E-state index < -0.39 is 25.3 Å². The molecule has 0 saturated heterocycles. The predicted molar refractivity (Wildman–Crippen MR) is 63.6 cm³/mol. The zero-order chi connectivity index (χ0) is 14.0. The van der Waals surface area contributed by atoms with Crippen LogP contribution in [0.4, 0.5) is 13.2 Å². The lowest BCUT2D eigenvalue weighted by Gasteiger charge is -2.15. The molecule has 0 aliphatic rings. The number of rotatable bonds is 9. The van der Waals surface area contributed by atoms with E-state index in [1.165, 1.54) is 0 Å². The van der Waals surface area contributed by atoms with Gasteiger partial charge in [-0.1, -0.05) is 13.3 Å². The molecule has 0 aliphatic carbocycles. The molecule has 3 nitrogen and oxygen atoms in total. The number of halogens is 4. The number of hydrogen-bond acceptors (Lipinski definition) is 2. The second kappa shape index (κ2) is 9.44. The van der Waals surface area contributed by atoms with E-state index in [1.54, 1.807) is 0 Å². The largest absolute Gasteiger partial charge is 0.411 e. The van der Waals surface area contributed by atoms with Crippen LogP contribution in [0.25, 0.3) is 0 Å². The highest BCUT2D eigenvalue weighted by Crippen LogP contribution is 2.14. The third kappa shape index (κ3) is 10.7. The molecule has 0 saturated carbocycles. The van der Waals surface area contributed by atoms with E-state index in [1.807, 2.05) is 6.92 Å². The maximum atomic E-state index is 11.7. The molecular formula is C11H19ClF3NO2. The molecule has 0 heterocycles. The van der Waals surface area contributed by atoms with Gasteiger partial charge in [0, 0.05) is 12.4 Å². The quantitative estimate of drug-likeness (QED) is 0.663. The van der Waals surface area contributed by atoms with Crippen molar-refractivity contribution in [3.05, 3.63) is 0 Å². The van der Waals surface area contributed by atoms with Gasteiger partial charge in [0.15, 0.2) is 0 Å². The van der Waals surface area contributed by atoms with Gasteiger partial charge in [0.1, 0.15) is 13.2 Å². The van der Waals surface area contributed by atoms with Gasteiger partial charge in [-0.25, -0.2) is 0 Å². The van der Waals surface area contributed by atoms with E-state index in [9.17, 15) is 18.0 Å². The van der Waals surface area contributed by atoms with Crippen molar-refractivity contribution in [3.8, 4) is 0 Å². The van der Waals surface area contributed by atoms with Gasteiger partial charge in [-0.2, -0.15) is 13.2 Å². The Labute approximate surface area is 110 Å². The van der Waals surface area contributed by atoms with Crippen LogP contribution in [-0.4, -0.2) is 37.7 Å². The third-order valence-corrected chi connectivity index (χ3v) is 2.52. The Kier molecular flexibility index (Phi) is 9.18. The fourth-order valence-electron chi connectivity index (χ4n) is 1.48. The normalized spacial score (nSPS) is 13.4. The van der Waals surface area contributed by atoms with Crippen LogP contribution in [-0.2, 0) is 9.53 Å². The molecule has 18 heavy (non-hydrogen) atoms. The maximum Gasteiger partial charge on any atom is 0.411 e. The predicted octanol–water partition coefficient (Wildman–Crippen LogP) is 2.73. The van der Waals surface area contributed by atoms with Crippen molar-refractivity contribution in [2.24, 2.45) is 5.92 Å². The summed E-state index contributed by atoms with van der Waals surface area (Å²) in [6.45, 7) is 0.476. The Morgan fingerprint density at radius 3 is 2.56 bits per heavy atom. The zero-order valence-corrected chi connectivity index (χ0v) is 11.1. The molecule has 0 fully saturated rings. The van der Waals surface area contributed by atoms with Crippen LogP contribution in [0.2, 0.25) is 0 Å². The minimum atomic E-state index is -4.40. The number of hydrogen-bond donors (Lipinski definition) is 1. The van der Waals surface area contributed by atoms with Crippen molar-refractivity contribution in [1.82, 2.24) is 5.32 Å². The standard InChI is InChI=1S/C11H19ClF3NO2/c1-2-3-9(4-5-12)6-16-10(17)7-18-8-11(13,14)15/h9H,2-8H2,1H3,(H,16,17). The third-order valence-electron chi connectivity index (χ3n) is 2.30. The Balaban J connectivity index is 3.73. The average molecular weight is 290 g/mol. The lowest BCUT2D eigenvalue weighted by Crippen LogP contribution is -2.33. The summed E-state index contributed by atoms with van der Waals surface area (Å²) in [5.74, 6) is 0.236. The van der Waals surface area contributed by atoms with Gasteiger partial charge < -0.3 is 10.1 Å². The van der Waals surface area contributed by atoms with Gasteiger partial charge in [0.25, 0.3) is 0 Å². The molecule has 108 valence electrons. The average Bonchev–Trinajstić information content (AvgIpc) is 2.25. The number of carbonyl (C=O) groups excluding carboxylic acids is 1. The topological polar surface area (TPSA) is 38.3 Å². The Morgan fingerprint density at radius 1 is 1.39 bits per heavy atom. The number of alkyl halides is 4. The van der Waals surface area contributed by atoms with Gasteiger partial charge in [-0.3, -0.25) is 4.79 Å². The van der Waals surface area contributed by atoms with Crippen molar-refractivity contribution >= 4 is 17.5 Å². The summed E-state index contributed by atoms with van der Waals surface area (Å²) in [5.41, 5.74) is 0. The van der Waals surface area contributed by atoms with Crippen LogP contribution in [0.15, 0.2) is 0 Å². The van der Waals surface area contributed by atoms with Crippen LogP contribution < -0.4 is 5.32 Å². The summed E-state index contributed by atoms with van der Waals surface area (Å²) >= 11 is 5.62. The van der Waals surface area contributed by atoms with Crippen LogP contribution in [0.1, 0.15) is 26.2 Å². The molecule has 0 rings (SSSR count). The summed E-state index contributed by atoms with van der Waals surface area (Å²) in [6, 6.07) is 0. The van der Waals surface area contributed by atoms with E-state index in [4.69, 9.17) is 11.6 Å². The Bertz CT molecular complexity index is 231. The van der Waals surface area contributed by atoms with E-state index >= 15 is 0 Å². The second-order valence-electron chi connectivity index (χ2n) is 4.04. The van der Waals surface area contributed by atoms with Crippen molar-refractivity contribution in [2.45, 2.75) is 32.4 Å². The van der Waals surface area contributed by atoms with Crippen molar-refractivity contribution in [3.63, 3.8) is 0 Å². The van der Waals surface area contributed by atoms with Crippen molar-refractivity contribution in [2.75, 3.05) is 25.6 Å². The fraction of sp³-hybridized carbons (Fsp3) is 0.909. The summed E-state index contributed by atoms with van der Waals surface area (Å²) in [5, 5.41) is 2.55. The molecule has 1 N–H and O–H groups in total. The van der Waals surface area contributed by atoms with E-state index in [0.29, 0.717) is 12.4 Å². The molecule has 0 spiro atoms. The monoisotopic (exact) mass is 289 g/mol. The second-order valence-corrected chi connectivity index (χ2v) is 4.42. The van der Waals surface area contributed by atoms with Gasteiger partial charge in [0.2, 0.25) is 5.91 Å². The first-order chi connectivity index (χ1) is 8.39. The van der Waals surface area contributed by atoms with E-state index in [-0.39, 0.29) is 5.92 Å². The molecule has 0 bridgehead atoms. The van der Waals surface area contributed by atoms with Crippen LogP contribution in [0.3, 0.4) is 0 Å². The van der Waals surface area contributed by atoms with Gasteiger partial charge in [-0.15, -0.1) is 11.6 Å². The number of nitrogens with one attached hydrogen (secondary N) is 1. The highest BCUT2D eigenvalue weighted by atomic mass is 35.5. The molecule has 0 aromatic carbocycles. The molecule has 0 aromatic rings. The minimum absolute atomic E-state index is 0.263. The van der Waals surface area contributed by atoms with E-state index in [2.05, 4.69) is 10.1 Å². The summed E-state index contributed by atoms with van der Waals surface area (Å²) in [4.78, 5) is 11.2. The molecular weight excluding hydrogens is 271 g/mol. The summed E-state index contributed by atoms with van der Waals surface area (Å²) in [6.07, 6.45) is -1.72. The first kappa shape index (κ1) is 17.5. The number of carbonyl (C=O) groups is 1. The van der Waals surface area contributed by atoms with Crippen LogP contribution in [0, 0.1) is 5.92 Å². The minimum Gasteiger partial charge on any atom is -0.362 e. The smallest absolute Gasteiger partial charge is 0.362 e. The molecule has 0 aromatic heterocycles. The lowest BCUT2D eigenvalue weighted by atomic mass is 10.0. The SMILES string of the molecule is CCCC(CCCl)CNC(=O)COCC(F)(F)F. The summed E-state index contributed by atoms with van der Waals surface area (Å²) in [7, 11) is 0. The number of ether oxygens (including phenoxy) is 1. The van der Waals surface area contributed by atoms with Crippen molar-refractivity contribution < 1.29 is 22.7 Å². The first-order valence-electron chi connectivity index (χ1n) is 5.86. The molecule has 1 amide bonds. The molecule has 0 radical (unpaired) electrons. The highest BCUT2D eigenvalue weighted by molar-refractivity contribution is 6.17. The molecule has 7 heteroatoms. The highest BCUT2D eigenvalue weighted by Gasteiger charge is 2.27. The molecule has 1 atom stereocenters. The van der Waals surface area contributed by atoms with Gasteiger partial charge in [-0.05, 0) is 18.8 Å². The van der Waals surface area contributed by atoms with E-state index in [0.717, 1.165) is 19.3 Å². The molecule has 0 aliphatic heterocycles. The Morgan fingerprint density at radius 2 is 2.06 bits per heavy atom. The van der Waals surface area contributed by atoms with Crippen LogP contribution in [0.5, 0.6) is 0 Å². The first-order valence-corrected chi connectivity index (χ1v) is 6.39. The van der Waals surface area contributed by atoms with Gasteiger partial charge >= 0.3 is 6.18 Å². The fourth-order valence-corrected chi connectivity index (χ4v) is 1.79. The number of amides is 1. The van der Waals surface area contributed by atoms with Gasteiger partial charge in [0.05, 0.1) is 0 Å². The lowest BCUT2D eigenvalue weighted by molar-refractivity contribution is -0.175.